The Morgan fingerprint density at radius 1 is 1.31 bits per heavy atom. The van der Waals surface area contributed by atoms with Crippen molar-refractivity contribution in [3.05, 3.63) is 42.0 Å². The molecule has 2 amide bonds. The van der Waals surface area contributed by atoms with Crippen LogP contribution in [0.15, 0.2) is 36.4 Å². The average Bonchev–Trinajstić information content (AvgIpc) is 2.35. The second kappa shape index (κ2) is 5.82. The summed E-state index contributed by atoms with van der Waals surface area (Å²) in [7, 11) is 0. The van der Waals surface area contributed by atoms with Gasteiger partial charge in [0.2, 0.25) is 5.91 Å². The molecule has 1 aromatic carbocycles. The smallest absolute Gasteiger partial charge is 0.267 e. The monoisotopic (exact) mass is 218 g/mol. The Balaban J connectivity index is 2.65. The first-order valence-electron chi connectivity index (χ1n) is 5.00. The minimum absolute atomic E-state index is 0.210. The van der Waals surface area contributed by atoms with Crippen molar-refractivity contribution in [3.8, 4) is 0 Å². The fourth-order valence-electron chi connectivity index (χ4n) is 1.11. The summed E-state index contributed by atoms with van der Waals surface area (Å²) in [4.78, 5) is 22.5. The maximum absolute atomic E-state index is 11.4. The Morgan fingerprint density at radius 3 is 2.50 bits per heavy atom. The molecule has 1 aromatic rings. The lowest BCUT2D eigenvalue weighted by Crippen LogP contribution is -2.41. The lowest BCUT2D eigenvalue weighted by Gasteiger charge is -2.10. The van der Waals surface area contributed by atoms with Crippen molar-refractivity contribution < 1.29 is 9.59 Å². The predicted molar refractivity (Wildman–Crippen MR) is 61.8 cm³/mol. The van der Waals surface area contributed by atoms with E-state index < -0.39 is 11.8 Å². The summed E-state index contributed by atoms with van der Waals surface area (Å²) in [5.41, 5.74) is 0.883. The zero-order valence-electron chi connectivity index (χ0n) is 9.09. The van der Waals surface area contributed by atoms with Gasteiger partial charge < -0.3 is 0 Å². The van der Waals surface area contributed by atoms with Crippen molar-refractivity contribution in [2.45, 2.75) is 13.3 Å². The maximum atomic E-state index is 11.4. The van der Waals surface area contributed by atoms with Crippen LogP contribution in [-0.2, 0) is 9.59 Å². The van der Waals surface area contributed by atoms with Crippen LogP contribution >= 0.6 is 0 Å². The first kappa shape index (κ1) is 12.1. The molecule has 0 aromatic heterocycles. The van der Waals surface area contributed by atoms with Gasteiger partial charge >= 0.3 is 0 Å². The Kier molecular flexibility index (Phi) is 4.42. The molecule has 16 heavy (non-hydrogen) atoms. The number of amides is 2. The number of rotatable bonds is 3. The summed E-state index contributed by atoms with van der Waals surface area (Å²) in [5, 5.41) is 0.624. The maximum Gasteiger partial charge on any atom is 0.267 e. The van der Waals surface area contributed by atoms with Crippen LogP contribution < -0.4 is 5.84 Å². The van der Waals surface area contributed by atoms with Gasteiger partial charge in [0, 0.05) is 12.5 Å². The molecular formula is C12H14N2O2. The lowest BCUT2D eigenvalue weighted by atomic mass is 10.2. The molecule has 4 heteroatoms. The van der Waals surface area contributed by atoms with Crippen LogP contribution in [0.25, 0.3) is 6.08 Å². The van der Waals surface area contributed by atoms with Crippen LogP contribution in [0.1, 0.15) is 18.9 Å². The summed E-state index contributed by atoms with van der Waals surface area (Å²) in [6.45, 7) is 1.65. The quantitative estimate of drug-likeness (QED) is 0.360. The fraction of sp³-hybridized carbons (Fsp3) is 0.167. The molecule has 0 fully saturated rings. The highest BCUT2D eigenvalue weighted by Crippen LogP contribution is 2.01. The zero-order valence-corrected chi connectivity index (χ0v) is 9.09. The fourth-order valence-corrected chi connectivity index (χ4v) is 1.11. The average molecular weight is 218 g/mol. The third kappa shape index (κ3) is 3.33. The molecule has 0 atom stereocenters. The van der Waals surface area contributed by atoms with E-state index in [1.807, 2.05) is 30.3 Å². The number of hydrogen-bond acceptors (Lipinski definition) is 3. The van der Waals surface area contributed by atoms with Crippen molar-refractivity contribution in [1.29, 1.82) is 0 Å². The van der Waals surface area contributed by atoms with Crippen LogP contribution in [-0.4, -0.2) is 16.8 Å². The Bertz CT molecular complexity index is 399. The number of hydrogen-bond donors (Lipinski definition) is 1. The molecule has 0 saturated heterocycles. The normalized spacial score (nSPS) is 10.4. The summed E-state index contributed by atoms with van der Waals surface area (Å²) in [5.74, 6) is 4.40. The molecule has 0 saturated carbocycles. The van der Waals surface area contributed by atoms with Gasteiger partial charge in [-0.3, -0.25) is 9.59 Å². The van der Waals surface area contributed by atoms with E-state index in [9.17, 15) is 9.59 Å². The minimum atomic E-state index is -0.518. The molecule has 0 aliphatic rings. The van der Waals surface area contributed by atoms with Gasteiger partial charge in [-0.15, -0.1) is 0 Å². The summed E-state index contributed by atoms with van der Waals surface area (Å²) in [6, 6.07) is 9.32. The highest BCUT2D eigenvalue weighted by Gasteiger charge is 2.12. The van der Waals surface area contributed by atoms with Gasteiger partial charge in [0.1, 0.15) is 0 Å². The summed E-state index contributed by atoms with van der Waals surface area (Å²) >= 11 is 0. The van der Waals surface area contributed by atoms with Crippen LogP contribution in [0, 0.1) is 0 Å². The number of benzene rings is 1. The molecule has 2 N–H and O–H groups in total. The number of nitrogens with two attached hydrogens (primary N) is 1. The Morgan fingerprint density at radius 2 is 1.94 bits per heavy atom. The van der Waals surface area contributed by atoms with E-state index in [-0.39, 0.29) is 6.42 Å². The first-order chi connectivity index (χ1) is 7.65. The van der Waals surface area contributed by atoms with Crippen LogP contribution in [0.3, 0.4) is 0 Å². The van der Waals surface area contributed by atoms with E-state index in [2.05, 4.69) is 0 Å². The SMILES string of the molecule is CCC(=O)N(N)C(=O)/C=C/c1ccccc1. The summed E-state index contributed by atoms with van der Waals surface area (Å²) < 4.78 is 0. The molecule has 0 heterocycles. The predicted octanol–water partition coefficient (Wildman–Crippen LogP) is 1.34. The Hall–Kier alpha value is -1.94. The van der Waals surface area contributed by atoms with Gasteiger partial charge in [-0.1, -0.05) is 37.3 Å². The number of imide groups is 1. The molecule has 0 aliphatic carbocycles. The molecule has 1 rings (SSSR count). The molecule has 0 bridgehead atoms. The third-order valence-electron chi connectivity index (χ3n) is 2.03. The lowest BCUT2D eigenvalue weighted by molar-refractivity contribution is -0.142. The van der Waals surface area contributed by atoms with Gasteiger partial charge in [0.15, 0.2) is 0 Å². The van der Waals surface area contributed by atoms with E-state index >= 15 is 0 Å². The number of carbonyl (C=O) groups is 2. The van der Waals surface area contributed by atoms with E-state index in [1.165, 1.54) is 6.08 Å². The van der Waals surface area contributed by atoms with Gasteiger partial charge in [-0.2, -0.15) is 0 Å². The van der Waals surface area contributed by atoms with Crippen molar-refractivity contribution in [3.63, 3.8) is 0 Å². The molecular weight excluding hydrogens is 204 g/mol. The highest BCUT2D eigenvalue weighted by molar-refractivity contribution is 6.02. The number of hydrazine groups is 1. The molecule has 0 unspecified atom stereocenters. The van der Waals surface area contributed by atoms with Crippen molar-refractivity contribution >= 4 is 17.9 Å². The van der Waals surface area contributed by atoms with Gasteiger partial charge in [-0.25, -0.2) is 10.9 Å². The topological polar surface area (TPSA) is 63.4 Å². The van der Waals surface area contributed by atoms with E-state index in [4.69, 9.17) is 5.84 Å². The number of carbonyl (C=O) groups excluding carboxylic acids is 2. The molecule has 0 spiro atoms. The minimum Gasteiger partial charge on any atom is -0.273 e. The van der Waals surface area contributed by atoms with Crippen molar-refractivity contribution in [1.82, 2.24) is 5.01 Å². The van der Waals surface area contributed by atoms with Crippen molar-refractivity contribution in [2.24, 2.45) is 5.84 Å². The summed E-state index contributed by atoms with van der Waals surface area (Å²) in [6.07, 6.45) is 3.11. The molecule has 84 valence electrons. The third-order valence-corrected chi connectivity index (χ3v) is 2.03. The van der Waals surface area contributed by atoms with E-state index in [0.29, 0.717) is 5.01 Å². The van der Waals surface area contributed by atoms with E-state index in [1.54, 1.807) is 13.0 Å². The number of nitrogens with zero attached hydrogens (tertiary/aromatic N) is 1. The standard InChI is InChI=1S/C12H14N2O2/c1-2-11(15)14(13)12(16)9-8-10-6-4-3-5-7-10/h3-9H,2,13H2,1H3/b9-8+. The largest absolute Gasteiger partial charge is 0.273 e. The van der Waals surface area contributed by atoms with Gasteiger partial charge in [0.25, 0.3) is 5.91 Å². The molecule has 4 nitrogen and oxygen atoms in total. The molecule has 0 aliphatic heterocycles. The van der Waals surface area contributed by atoms with Crippen molar-refractivity contribution in [2.75, 3.05) is 0 Å². The van der Waals surface area contributed by atoms with Crippen LogP contribution in [0.2, 0.25) is 0 Å². The highest BCUT2D eigenvalue weighted by atomic mass is 16.2. The van der Waals surface area contributed by atoms with Crippen LogP contribution in [0.4, 0.5) is 0 Å². The zero-order chi connectivity index (χ0) is 12.0. The van der Waals surface area contributed by atoms with E-state index in [0.717, 1.165) is 5.56 Å². The second-order valence-corrected chi connectivity index (χ2v) is 3.20. The van der Waals surface area contributed by atoms with Gasteiger partial charge in [-0.05, 0) is 11.6 Å². The molecule has 0 radical (unpaired) electrons. The second-order valence-electron chi connectivity index (χ2n) is 3.20. The Labute approximate surface area is 94.3 Å². The van der Waals surface area contributed by atoms with Crippen LogP contribution in [0.5, 0.6) is 0 Å². The first-order valence-corrected chi connectivity index (χ1v) is 5.00. The van der Waals surface area contributed by atoms with Gasteiger partial charge in [0.05, 0.1) is 0 Å².